The van der Waals surface area contributed by atoms with Crippen LogP contribution < -0.4 is 10.9 Å². The number of aryl methyl sites for hydroxylation is 1. The Kier molecular flexibility index (Phi) is 9.38. The number of nitrogens with one attached hydrogen (secondary N) is 1. The summed E-state index contributed by atoms with van der Waals surface area (Å²) in [6.45, 7) is 4.83. The molecule has 1 aromatic heterocycles. The van der Waals surface area contributed by atoms with E-state index in [4.69, 9.17) is 0 Å². The number of alkyl halides is 1. The highest BCUT2D eigenvalue weighted by atomic mass is 35.5. The number of likely N-dealkylation sites (N-methyl/N-ethyl adjacent to an activating group) is 1. The summed E-state index contributed by atoms with van der Waals surface area (Å²) in [5.41, 5.74) is 3.16. The first kappa shape index (κ1) is 22.2. The lowest BCUT2D eigenvalue weighted by atomic mass is 10.0. The Morgan fingerprint density at radius 1 is 1.12 bits per heavy atom. The van der Waals surface area contributed by atoms with E-state index in [0.29, 0.717) is 0 Å². The molecule has 0 aliphatic rings. The van der Waals surface area contributed by atoms with E-state index < -0.39 is 0 Å². The third kappa shape index (κ3) is 5.32. The van der Waals surface area contributed by atoms with Gasteiger partial charge in [0.25, 0.3) is 5.56 Å². The van der Waals surface area contributed by atoms with Crippen LogP contribution in [0.25, 0.3) is 0 Å². The molecular formula is C20H31ClN4O. The van der Waals surface area contributed by atoms with Crippen molar-refractivity contribution in [1.29, 1.82) is 0 Å². The molecule has 1 N–H and O–H groups in total. The summed E-state index contributed by atoms with van der Waals surface area (Å²) in [5.74, 6) is 0.819. The van der Waals surface area contributed by atoms with E-state index in [2.05, 4.69) is 72.2 Å². The standard InChI is InChI=1S/C19H28N4O.CH3Cl/c1-6-15-16(7-2)19(24)23(5)21-18(15)20-13-17(22(3)4)14-11-9-8-10-12-14;1-2/h8-12,17H,6-7,13H2,1-5H3,(H,20,21);1H3. The van der Waals surface area contributed by atoms with Crippen LogP contribution in [0.1, 0.15) is 36.6 Å². The number of benzene rings is 1. The highest BCUT2D eigenvalue weighted by Gasteiger charge is 2.17. The van der Waals surface area contributed by atoms with Crippen LogP contribution in [0.5, 0.6) is 0 Å². The van der Waals surface area contributed by atoms with Crippen LogP contribution in [-0.2, 0) is 19.9 Å². The van der Waals surface area contributed by atoms with E-state index in [1.165, 1.54) is 16.6 Å². The molecule has 5 nitrogen and oxygen atoms in total. The lowest BCUT2D eigenvalue weighted by Gasteiger charge is -2.26. The van der Waals surface area contributed by atoms with Crippen molar-refractivity contribution in [2.24, 2.45) is 7.05 Å². The zero-order valence-electron chi connectivity index (χ0n) is 16.7. The molecule has 2 aromatic rings. The fourth-order valence-electron chi connectivity index (χ4n) is 3.08. The molecule has 1 heterocycles. The van der Waals surface area contributed by atoms with E-state index in [9.17, 15) is 4.79 Å². The zero-order chi connectivity index (χ0) is 19.7. The fourth-order valence-corrected chi connectivity index (χ4v) is 3.08. The van der Waals surface area contributed by atoms with Crippen molar-refractivity contribution in [1.82, 2.24) is 14.7 Å². The molecule has 0 bridgehead atoms. The van der Waals surface area contributed by atoms with Crippen LogP contribution >= 0.6 is 11.6 Å². The highest BCUT2D eigenvalue weighted by molar-refractivity contribution is 6.15. The molecule has 0 saturated carbocycles. The van der Waals surface area contributed by atoms with Gasteiger partial charge in [0.2, 0.25) is 0 Å². The van der Waals surface area contributed by atoms with Crippen molar-refractivity contribution in [2.75, 3.05) is 32.3 Å². The molecule has 0 radical (unpaired) electrons. The predicted molar refractivity (Wildman–Crippen MR) is 111 cm³/mol. The minimum absolute atomic E-state index is 0.00659. The average molecular weight is 379 g/mol. The van der Waals surface area contributed by atoms with Crippen molar-refractivity contribution in [3.05, 3.63) is 57.4 Å². The Labute approximate surface area is 162 Å². The number of hydrogen-bond acceptors (Lipinski definition) is 4. The Bertz CT molecular complexity index is 729. The molecule has 0 spiro atoms. The van der Waals surface area contributed by atoms with E-state index in [1.807, 2.05) is 13.0 Å². The summed E-state index contributed by atoms with van der Waals surface area (Å²) < 4.78 is 1.44. The summed E-state index contributed by atoms with van der Waals surface area (Å²) in [6, 6.07) is 10.7. The second-order valence-corrected chi connectivity index (χ2v) is 6.21. The second kappa shape index (κ2) is 11.0. The van der Waals surface area contributed by atoms with Gasteiger partial charge >= 0.3 is 0 Å². The summed E-state index contributed by atoms with van der Waals surface area (Å²) in [7, 11) is 5.87. The average Bonchev–Trinajstić information content (AvgIpc) is 2.66. The minimum atomic E-state index is 0.00659. The molecule has 1 atom stereocenters. The molecule has 0 aliphatic heterocycles. The summed E-state index contributed by atoms with van der Waals surface area (Å²) in [5, 5.41) is 7.93. The first-order valence-electron chi connectivity index (χ1n) is 8.91. The van der Waals surface area contributed by atoms with Crippen LogP contribution in [0, 0.1) is 0 Å². The number of aromatic nitrogens is 2. The summed E-state index contributed by atoms with van der Waals surface area (Å²) in [4.78, 5) is 14.5. The van der Waals surface area contributed by atoms with E-state index in [0.717, 1.165) is 36.3 Å². The molecule has 0 amide bonds. The van der Waals surface area contributed by atoms with Crippen LogP contribution in [0.3, 0.4) is 0 Å². The van der Waals surface area contributed by atoms with Gasteiger partial charge in [0.05, 0.1) is 6.04 Å². The largest absolute Gasteiger partial charge is 0.366 e. The van der Waals surface area contributed by atoms with Crippen LogP contribution in [0.15, 0.2) is 35.1 Å². The first-order valence-corrected chi connectivity index (χ1v) is 9.67. The Morgan fingerprint density at radius 2 is 1.69 bits per heavy atom. The number of nitrogens with zero attached hydrogens (tertiary/aromatic N) is 3. The van der Waals surface area contributed by atoms with Crippen molar-refractivity contribution in [3.63, 3.8) is 0 Å². The lowest BCUT2D eigenvalue weighted by Crippen LogP contribution is -2.30. The third-order valence-corrected chi connectivity index (χ3v) is 4.43. The first-order chi connectivity index (χ1) is 12.5. The highest BCUT2D eigenvalue weighted by Crippen LogP contribution is 2.21. The van der Waals surface area contributed by atoms with Gasteiger partial charge < -0.3 is 10.2 Å². The maximum atomic E-state index is 12.3. The molecule has 0 saturated heterocycles. The van der Waals surface area contributed by atoms with E-state index in [-0.39, 0.29) is 11.6 Å². The smallest absolute Gasteiger partial charge is 0.270 e. The molecule has 1 aromatic carbocycles. The molecule has 0 fully saturated rings. The van der Waals surface area contributed by atoms with Crippen molar-refractivity contribution in [2.45, 2.75) is 32.7 Å². The van der Waals surface area contributed by atoms with Gasteiger partial charge in [0.15, 0.2) is 0 Å². The van der Waals surface area contributed by atoms with E-state index in [1.54, 1.807) is 7.05 Å². The van der Waals surface area contributed by atoms with Gasteiger partial charge in [0.1, 0.15) is 5.82 Å². The molecule has 1 unspecified atom stereocenters. The molecular weight excluding hydrogens is 348 g/mol. The van der Waals surface area contributed by atoms with Gasteiger partial charge in [-0.05, 0) is 32.5 Å². The second-order valence-electron chi connectivity index (χ2n) is 6.21. The van der Waals surface area contributed by atoms with Crippen molar-refractivity contribution < 1.29 is 0 Å². The Balaban J connectivity index is 0.00000163. The van der Waals surface area contributed by atoms with E-state index >= 15 is 0 Å². The third-order valence-electron chi connectivity index (χ3n) is 4.43. The number of halogens is 1. The van der Waals surface area contributed by atoms with Gasteiger partial charge in [-0.1, -0.05) is 44.2 Å². The van der Waals surface area contributed by atoms with Crippen LogP contribution in [0.4, 0.5) is 5.82 Å². The Morgan fingerprint density at radius 3 is 2.19 bits per heavy atom. The number of anilines is 1. The van der Waals surface area contributed by atoms with Gasteiger partial charge in [0, 0.05) is 31.1 Å². The van der Waals surface area contributed by atoms with Crippen molar-refractivity contribution >= 4 is 17.4 Å². The Hall–Kier alpha value is -1.85. The molecule has 2 rings (SSSR count). The van der Waals surface area contributed by atoms with Crippen molar-refractivity contribution in [3.8, 4) is 0 Å². The van der Waals surface area contributed by atoms with Gasteiger partial charge in [-0.15, -0.1) is 11.6 Å². The molecule has 0 aliphatic carbocycles. The number of hydrogen-bond donors (Lipinski definition) is 1. The zero-order valence-corrected chi connectivity index (χ0v) is 17.5. The molecule has 144 valence electrons. The normalized spacial score (nSPS) is 11.7. The maximum Gasteiger partial charge on any atom is 0.270 e. The van der Waals surface area contributed by atoms with Crippen LogP contribution in [-0.4, -0.2) is 41.7 Å². The SMILES string of the molecule is CCc1c(NCC(c2ccccc2)N(C)C)nn(C)c(=O)c1CC.CCl. The summed E-state index contributed by atoms with van der Waals surface area (Å²) >= 11 is 4.64. The number of rotatable bonds is 7. The molecule has 6 heteroatoms. The fraction of sp³-hybridized carbons (Fsp3) is 0.500. The van der Waals surface area contributed by atoms with Gasteiger partial charge in [-0.2, -0.15) is 5.10 Å². The monoisotopic (exact) mass is 378 g/mol. The topological polar surface area (TPSA) is 50.2 Å². The van der Waals surface area contributed by atoms with Gasteiger partial charge in [-0.25, -0.2) is 4.68 Å². The molecule has 26 heavy (non-hydrogen) atoms. The van der Waals surface area contributed by atoms with Crippen LogP contribution in [0.2, 0.25) is 0 Å². The quantitative estimate of drug-likeness (QED) is 0.749. The maximum absolute atomic E-state index is 12.3. The minimum Gasteiger partial charge on any atom is -0.366 e. The van der Waals surface area contributed by atoms with Gasteiger partial charge in [-0.3, -0.25) is 4.79 Å². The predicted octanol–water partition coefficient (Wildman–Crippen LogP) is 3.47. The lowest BCUT2D eigenvalue weighted by molar-refractivity contribution is 0.311. The summed E-state index contributed by atoms with van der Waals surface area (Å²) in [6.07, 6.45) is 3.00.